The maximum absolute atomic E-state index is 11.0. The minimum absolute atomic E-state index is 0.0590. The Morgan fingerprint density at radius 3 is 2.88 bits per heavy atom. The molecule has 3 N–H and O–H groups in total. The van der Waals surface area contributed by atoms with E-state index in [1.165, 1.54) is 19.4 Å². The Morgan fingerprint density at radius 2 is 2.24 bits per heavy atom. The number of hydrazine groups is 1. The van der Waals surface area contributed by atoms with Gasteiger partial charge in [0, 0.05) is 19.0 Å². The van der Waals surface area contributed by atoms with Gasteiger partial charge in [0.05, 0.1) is 0 Å². The van der Waals surface area contributed by atoms with Gasteiger partial charge < -0.3 is 4.90 Å². The highest BCUT2D eigenvalue weighted by molar-refractivity contribution is 5.75. The summed E-state index contributed by atoms with van der Waals surface area (Å²) in [6, 6.07) is 0.702. The normalized spacial score (nSPS) is 21.1. The highest BCUT2D eigenvalue weighted by Gasteiger charge is 2.23. The number of likely N-dealkylation sites (N-methyl/N-ethyl adjacent to an activating group) is 1. The number of nitrogens with zero attached hydrogens (tertiary/aromatic N) is 2. The lowest BCUT2D eigenvalue weighted by Crippen LogP contribution is -2.38. The first-order valence-corrected chi connectivity index (χ1v) is 6.51. The van der Waals surface area contributed by atoms with Gasteiger partial charge in [-0.3, -0.25) is 15.1 Å². The van der Waals surface area contributed by atoms with Crippen LogP contribution in [0.3, 0.4) is 0 Å². The molecule has 1 atom stereocenters. The van der Waals surface area contributed by atoms with Crippen LogP contribution in [0.25, 0.3) is 0 Å². The van der Waals surface area contributed by atoms with Gasteiger partial charge in [-0.2, -0.15) is 0 Å². The van der Waals surface area contributed by atoms with E-state index in [1.54, 1.807) is 0 Å². The van der Waals surface area contributed by atoms with Crippen molar-refractivity contribution >= 4 is 5.91 Å². The molecule has 0 spiro atoms. The van der Waals surface area contributed by atoms with E-state index in [2.05, 4.69) is 29.3 Å². The minimum atomic E-state index is -0.0590. The lowest BCUT2D eigenvalue weighted by Gasteiger charge is -2.26. The van der Waals surface area contributed by atoms with Crippen molar-refractivity contribution in [1.82, 2.24) is 15.2 Å². The molecule has 100 valence electrons. The number of unbranched alkanes of at least 4 members (excludes halogenated alkanes) is 1. The summed E-state index contributed by atoms with van der Waals surface area (Å²) in [7, 11) is 4.25. The number of rotatable bonds is 7. The molecule has 1 aliphatic heterocycles. The summed E-state index contributed by atoms with van der Waals surface area (Å²) in [5.41, 5.74) is 2.17. The lowest BCUT2D eigenvalue weighted by molar-refractivity contribution is -0.121. The van der Waals surface area contributed by atoms with Crippen LogP contribution in [-0.4, -0.2) is 55.5 Å². The van der Waals surface area contributed by atoms with Crippen molar-refractivity contribution in [3.63, 3.8) is 0 Å². The van der Waals surface area contributed by atoms with Crippen LogP contribution in [0.15, 0.2) is 0 Å². The van der Waals surface area contributed by atoms with Crippen LogP contribution in [0.2, 0.25) is 0 Å². The lowest BCUT2D eigenvalue weighted by atomic mass is 10.2. The van der Waals surface area contributed by atoms with Gasteiger partial charge in [0.25, 0.3) is 0 Å². The molecule has 17 heavy (non-hydrogen) atoms. The van der Waals surface area contributed by atoms with E-state index >= 15 is 0 Å². The monoisotopic (exact) mass is 242 g/mol. The van der Waals surface area contributed by atoms with Crippen molar-refractivity contribution in [2.45, 2.75) is 38.1 Å². The van der Waals surface area contributed by atoms with Gasteiger partial charge in [-0.1, -0.05) is 0 Å². The quantitative estimate of drug-likeness (QED) is 0.289. The fourth-order valence-corrected chi connectivity index (χ4v) is 2.49. The van der Waals surface area contributed by atoms with Crippen molar-refractivity contribution in [2.24, 2.45) is 5.84 Å². The van der Waals surface area contributed by atoms with Crippen LogP contribution in [0.5, 0.6) is 0 Å². The third-order valence-electron chi connectivity index (χ3n) is 3.34. The molecule has 5 nitrogen and oxygen atoms in total. The molecule has 1 saturated heterocycles. The Balaban J connectivity index is 2.15. The fraction of sp³-hybridized carbons (Fsp3) is 0.917. The van der Waals surface area contributed by atoms with Gasteiger partial charge >= 0.3 is 0 Å². The molecule has 1 heterocycles. The molecule has 0 bridgehead atoms. The Bertz CT molecular complexity index is 233. The number of likely N-dealkylation sites (tertiary alicyclic amines) is 1. The second-order valence-electron chi connectivity index (χ2n) is 5.12. The van der Waals surface area contributed by atoms with E-state index < -0.39 is 0 Å². The highest BCUT2D eigenvalue weighted by atomic mass is 16.2. The van der Waals surface area contributed by atoms with Gasteiger partial charge in [0.2, 0.25) is 5.91 Å². The molecule has 0 saturated carbocycles. The Hall–Kier alpha value is -0.650. The summed E-state index contributed by atoms with van der Waals surface area (Å²) >= 11 is 0. The molecular formula is C12H26N4O. The molecule has 0 aliphatic carbocycles. The summed E-state index contributed by atoms with van der Waals surface area (Å²) in [6.07, 6.45) is 5.16. The minimum Gasteiger partial charge on any atom is -0.308 e. The summed E-state index contributed by atoms with van der Waals surface area (Å²) in [4.78, 5) is 15.8. The third kappa shape index (κ3) is 5.48. The van der Waals surface area contributed by atoms with Crippen LogP contribution < -0.4 is 11.3 Å². The third-order valence-corrected chi connectivity index (χ3v) is 3.34. The number of hydrogen-bond acceptors (Lipinski definition) is 4. The average molecular weight is 242 g/mol. The summed E-state index contributed by atoms with van der Waals surface area (Å²) in [6.45, 7) is 3.46. The second-order valence-corrected chi connectivity index (χ2v) is 5.12. The Labute approximate surface area is 104 Å². The van der Waals surface area contributed by atoms with E-state index in [0.717, 1.165) is 25.9 Å². The predicted molar refractivity (Wildman–Crippen MR) is 69.3 cm³/mol. The number of amides is 1. The number of carbonyl (C=O) groups is 1. The molecule has 0 radical (unpaired) electrons. The number of nitrogens with two attached hydrogens (primary N) is 1. The molecule has 1 aliphatic rings. The van der Waals surface area contributed by atoms with Gasteiger partial charge in [0.15, 0.2) is 0 Å². The molecule has 0 aromatic carbocycles. The van der Waals surface area contributed by atoms with Crippen molar-refractivity contribution in [1.29, 1.82) is 0 Å². The molecule has 1 unspecified atom stereocenters. The average Bonchev–Trinajstić information content (AvgIpc) is 2.70. The summed E-state index contributed by atoms with van der Waals surface area (Å²) < 4.78 is 0. The number of nitrogens with one attached hydrogen (secondary N) is 1. The standard InChI is InChI=1S/C12H26N4O/c1-15(2)10-11-6-5-9-16(11)8-4-3-7-12(17)14-13/h11H,3-10,13H2,1-2H3,(H,14,17). The molecule has 1 amide bonds. The van der Waals surface area contributed by atoms with E-state index in [0.29, 0.717) is 12.5 Å². The van der Waals surface area contributed by atoms with Crippen LogP contribution in [0.1, 0.15) is 32.1 Å². The molecule has 1 fully saturated rings. The zero-order valence-corrected chi connectivity index (χ0v) is 11.1. The maximum Gasteiger partial charge on any atom is 0.233 e. The topological polar surface area (TPSA) is 61.6 Å². The van der Waals surface area contributed by atoms with Crippen molar-refractivity contribution < 1.29 is 4.79 Å². The molecule has 0 aromatic heterocycles. The van der Waals surface area contributed by atoms with Gasteiger partial charge in [0.1, 0.15) is 0 Å². The van der Waals surface area contributed by atoms with E-state index in [1.807, 2.05) is 0 Å². The molecule has 5 heteroatoms. The van der Waals surface area contributed by atoms with Crippen LogP contribution in [0, 0.1) is 0 Å². The van der Waals surface area contributed by atoms with Crippen LogP contribution in [-0.2, 0) is 4.79 Å². The van der Waals surface area contributed by atoms with Crippen LogP contribution in [0.4, 0.5) is 0 Å². The van der Waals surface area contributed by atoms with Gasteiger partial charge in [-0.15, -0.1) is 0 Å². The summed E-state index contributed by atoms with van der Waals surface area (Å²) in [5.74, 6) is 4.98. The smallest absolute Gasteiger partial charge is 0.233 e. The molecule has 1 rings (SSSR count). The highest BCUT2D eigenvalue weighted by Crippen LogP contribution is 2.18. The Kier molecular flexibility index (Phi) is 6.47. The van der Waals surface area contributed by atoms with Crippen molar-refractivity contribution in [2.75, 3.05) is 33.7 Å². The number of carbonyl (C=O) groups excluding carboxylic acids is 1. The zero-order chi connectivity index (χ0) is 12.7. The van der Waals surface area contributed by atoms with Gasteiger partial charge in [-0.25, -0.2) is 5.84 Å². The fourth-order valence-electron chi connectivity index (χ4n) is 2.49. The SMILES string of the molecule is CN(C)CC1CCCN1CCCCC(=O)NN. The van der Waals surface area contributed by atoms with E-state index in [-0.39, 0.29) is 5.91 Å². The van der Waals surface area contributed by atoms with Gasteiger partial charge in [-0.05, 0) is 52.9 Å². The molecule has 0 aromatic rings. The maximum atomic E-state index is 11.0. The first-order valence-electron chi connectivity index (χ1n) is 6.51. The van der Waals surface area contributed by atoms with Crippen LogP contribution >= 0.6 is 0 Å². The Morgan fingerprint density at radius 1 is 1.47 bits per heavy atom. The van der Waals surface area contributed by atoms with Crippen molar-refractivity contribution in [3.05, 3.63) is 0 Å². The van der Waals surface area contributed by atoms with E-state index in [9.17, 15) is 4.79 Å². The number of hydrogen-bond donors (Lipinski definition) is 2. The van der Waals surface area contributed by atoms with E-state index in [4.69, 9.17) is 5.84 Å². The predicted octanol–water partition coefficient (Wildman–Crippen LogP) is 0.173. The van der Waals surface area contributed by atoms with Crippen molar-refractivity contribution in [3.8, 4) is 0 Å². The second kappa shape index (κ2) is 7.63. The molecular weight excluding hydrogens is 216 g/mol. The summed E-state index contributed by atoms with van der Waals surface area (Å²) in [5, 5.41) is 0. The first-order chi connectivity index (χ1) is 8.13. The first kappa shape index (κ1) is 14.4. The zero-order valence-electron chi connectivity index (χ0n) is 11.1. The largest absolute Gasteiger partial charge is 0.308 e.